The van der Waals surface area contributed by atoms with Crippen LogP contribution in [0.4, 0.5) is 5.69 Å². The third-order valence-electron chi connectivity index (χ3n) is 3.79. The van der Waals surface area contributed by atoms with Crippen molar-refractivity contribution in [3.05, 3.63) is 58.5 Å². The molecule has 0 saturated carbocycles. The van der Waals surface area contributed by atoms with Crippen LogP contribution in [0.25, 0.3) is 6.08 Å². The molecule has 0 aliphatic carbocycles. The summed E-state index contributed by atoms with van der Waals surface area (Å²) >= 11 is 6.65. The van der Waals surface area contributed by atoms with Crippen LogP contribution in [0.15, 0.2) is 47.4 Å². The van der Waals surface area contributed by atoms with E-state index in [4.69, 9.17) is 21.7 Å². The van der Waals surface area contributed by atoms with Gasteiger partial charge in [0, 0.05) is 6.92 Å². The van der Waals surface area contributed by atoms with E-state index in [1.165, 1.54) is 30.7 Å². The number of nitrogens with zero attached hydrogens (tertiary/aromatic N) is 1. The SMILES string of the molecule is COc1cc(/C=C2/SC(=S)N(c3cccc(C)c3)C2=O)ccc1OC(C)=O. The molecule has 2 aromatic carbocycles. The molecular formula is C20H17NO4S2. The van der Waals surface area contributed by atoms with E-state index < -0.39 is 5.97 Å². The van der Waals surface area contributed by atoms with E-state index in [1.54, 1.807) is 24.3 Å². The van der Waals surface area contributed by atoms with Crippen LogP contribution in [-0.2, 0) is 9.59 Å². The van der Waals surface area contributed by atoms with Gasteiger partial charge in [0.2, 0.25) is 0 Å². The van der Waals surface area contributed by atoms with Crippen molar-refractivity contribution in [1.29, 1.82) is 0 Å². The number of anilines is 1. The van der Waals surface area contributed by atoms with Crippen LogP contribution in [0, 0.1) is 6.92 Å². The zero-order chi connectivity index (χ0) is 19.6. The maximum Gasteiger partial charge on any atom is 0.308 e. The third kappa shape index (κ3) is 4.20. The fraction of sp³-hybridized carbons (Fsp3) is 0.150. The Balaban J connectivity index is 1.90. The largest absolute Gasteiger partial charge is 0.493 e. The van der Waals surface area contributed by atoms with Gasteiger partial charge in [0.15, 0.2) is 15.8 Å². The molecule has 0 atom stereocenters. The number of carbonyl (C=O) groups is 2. The van der Waals surface area contributed by atoms with Crippen LogP contribution < -0.4 is 14.4 Å². The van der Waals surface area contributed by atoms with Crippen molar-refractivity contribution >= 4 is 51.9 Å². The number of aryl methyl sites for hydroxylation is 1. The smallest absolute Gasteiger partial charge is 0.308 e. The molecule has 0 unspecified atom stereocenters. The molecule has 2 aromatic rings. The number of esters is 1. The van der Waals surface area contributed by atoms with Gasteiger partial charge >= 0.3 is 5.97 Å². The Morgan fingerprint density at radius 2 is 1.96 bits per heavy atom. The summed E-state index contributed by atoms with van der Waals surface area (Å²) in [5.74, 6) is 0.140. The summed E-state index contributed by atoms with van der Waals surface area (Å²) in [5, 5.41) is 0. The van der Waals surface area contributed by atoms with E-state index in [1.807, 2.05) is 31.2 Å². The van der Waals surface area contributed by atoms with Crippen molar-refractivity contribution in [1.82, 2.24) is 0 Å². The van der Waals surface area contributed by atoms with Crippen molar-refractivity contribution < 1.29 is 19.1 Å². The number of rotatable bonds is 4. The van der Waals surface area contributed by atoms with Gasteiger partial charge in [-0.25, -0.2) is 0 Å². The first kappa shape index (κ1) is 19.1. The van der Waals surface area contributed by atoms with Gasteiger partial charge in [-0.3, -0.25) is 14.5 Å². The molecule has 7 heteroatoms. The van der Waals surface area contributed by atoms with Crippen LogP contribution in [-0.4, -0.2) is 23.3 Å². The summed E-state index contributed by atoms with van der Waals surface area (Å²) in [4.78, 5) is 26.1. The first-order chi connectivity index (χ1) is 12.9. The molecule has 0 aromatic heterocycles. The molecule has 1 aliphatic heterocycles. The molecule has 5 nitrogen and oxygen atoms in total. The summed E-state index contributed by atoms with van der Waals surface area (Å²) in [6.45, 7) is 3.29. The highest BCUT2D eigenvalue weighted by Gasteiger charge is 2.33. The summed E-state index contributed by atoms with van der Waals surface area (Å²) in [6.07, 6.45) is 1.75. The number of methoxy groups -OCH3 is 1. The zero-order valence-electron chi connectivity index (χ0n) is 15.0. The van der Waals surface area contributed by atoms with E-state index in [0.29, 0.717) is 20.7 Å². The molecule has 1 amide bonds. The van der Waals surface area contributed by atoms with Gasteiger partial charge in [-0.2, -0.15) is 0 Å². The second kappa shape index (κ2) is 7.94. The summed E-state index contributed by atoms with van der Waals surface area (Å²) < 4.78 is 10.9. The number of amides is 1. The monoisotopic (exact) mass is 399 g/mol. The lowest BCUT2D eigenvalue weighted by atomic mass is 10.1. The van der Waals surface area contributed by atoms with E-state index in [2.05, 4.69) is 0 Å². The minimum absolute atomic E-state index is 0.168. The molecule has 1 heterocycles. The minimum Gasteiger partial charge on any atom is -0.493 e. The maximum atomic E-state index is 12.8. The lowest BCUT2D eigenvalue weighted by Gasteiger charge is -2.14. The predicted molar refractivity (Wildman–Crippen MR) is 111 cm³/mol. The first-order valence-electron chi connectivity index (χ1n) is 8.10. The van der Waals surface area contributed by atoms with Crippen molar-refractivity contribution in [2.75, 3.05) is 12.0 Å². The number of benzene rings is 2. The quantitative estimate of drug-likeness (QED) is 0.330. The lowest BCUT2D eigenvalue weighted by Crippen LogP contribution is -2.27. The van der Waals surface area contributed by atoms with Crippen LogP contribution in [0.3, 0.4) is 0 Å². The lowest BCUT2D eigenvalue weighted by molar-refractivity contribution is -0.132. The highest BCUT2D eigenvalue weighted by atomic mass is 32.2. The molecule has 1 aliphatic rings. The van der Waals surface area contributed by atoms with Gasteiger partial charge in [0.05, 0.1) is 17.7 Å². The van der Waals surface area contributed by atoms with Gasteiger partial charge in [-0.05, 0) is 48.4 Å². The Morgan fingerprint density at radius 3 is 2.63 bits per heavy atom. The number of ether oxygens (including phenoxy) is 2. The number of hydrogen-bond donors (Lipinski definition) is 0. The third-order valence-corrected chi connectivity index (χ3v) is 5.09. The molecule has 138 valence electrons. The average Bonchev–Trinajstić information content (AvgIpc) is 2.89. The minimum atomic E-state index is -0.430. The Morgan fingerprint density at radius 1 is 1.19 bits per heavy atom. The summed E-state index contributed by atoms with van der Waals surface area (Å²) in [7, 11) is 1.49. The number of carbonyl (C=O) groups excluding carboxylic acids is 2. The number of thioether (sulfide) groups is 1. The van der Waals surface area contributed by atoms with Crippen LogP contribution >= 0.6 is 24.0 Å². The van der Waals surface area contributed by atoms with Crippen molar-refractivity contribution in [3.8, 4) is 11.5 Å². The molecule has 27 heavy (non-hydrogen) atoms. The normalized spacial score (nSPS) is 15.4. The van der Waals surface area contributed by atoms with Gasteiger partial charge < -0.3 is 9.47 Å². The Bertz CT molecular complexity index is 968. The van der Waals surface area contributed by atoms with Gasteiger partial charge in [-0.15, -0.1) is 0 Å². The highest BCUT2D eigenvalue weighted by molar-refractivity contribution is 8.27. The fourth-order valence-corrected chi connectivity index (χ4v) is 3.92. The second-order valence-corrected chi connectivity index (χ2v) is 7.54. The second-order valence-electron chi connectivity index (χ2n) is 5.86. The van der Waals surface area contributed by atoms with Crippen molar-refractivity contribution in [2.24, 2.45) is 0 Å². The number of thiocarbonyl (C=S) groups is 1. The van der Waals surface area contributed by atoms with Crippen LogP contribution in [0.5, 0.6) is 11.5 Å². The topological polar surface area (TPSA) is 55.8 Å². The van der Waals surface area contributed by atoms with Crippen LogP contribution in [0.2, 0.25) is 0 Å². The van der Waals surface area contributed by atoms with Gasteiger partial charge in [0.1, 0.15) is 0 Å². The molecule has 1 saturated heterocycles. The predicted octanol–water partition coefficient (Wildman–Crippen LogP) is 4.33. The maximum absolute atomic E-state index is 12.8. The van der Waals surface area contributed by atoms with E-state index >= 15 is 0 Å². The summed E-state index contributed by atoms with van der Waals surface area (Å²) in [5.41, 5.74) is 2.55. The fourth-order valence-electron chi connectivity index (χ4n) is 2.62. The first-order valence-corrected chi connectivity index (χ1v) is 9.32. The highest BCUT2D eigenvalue weighted by Crippen LogP contribution is 2.37. The molecule has 1 fully saturated rings. The molecule has 0 bridgehead atoms. The van der Waals surface area contributed by atoms with E-state index in [9.17, 15) is 9.59 Å². The standard InChI is InChI=1S/C20H17NO4S2/c1-12-5-4-6-15(9-12)21-19(23)18(27-20(21)26)11-14-7-8-16(25-13(2)22)17(10-14)24-3/h4-11H,1-3H3/b18-11+. The van der Waals surface area contributed by atoms with Gasteiger partial charge in [0.25, 0.3) is 5.91 Å². The molecule has 0 N–H and O–H groups in total. The van der Waals surface area contributed by atoms with E-state index in [-0.39, 0.29) is 5.91 Å². The Kier molecular flexibility index (Phi) is 5.62. The summed E-state index contributed by atoms with van der Waals surface area (Å²) in [6, 6.07) is 12.7. The van der Waals surface area contributed by atoms with Crippen molar-refractivity contribution in [3.63, 3.8) is 0 Å². The van der Waals surface area contributed by atoms with Crippen molar-refractivity contribution in [2.45, 2.75) is 13.8 Å². The Hall–Kier alpha value is -2.64. The molecule has 0 spiro atoms. The van der Waals surface area contributed by atoms with E-state index in [0.717, 1.165) is 16.8 Å². The Labute approximate surface area is 167 Å². The average molecular weight is 399 g/mol. The zero-order valence-corrected chi connectivity index (χ0v) is 16.6. The number of hydrogen-bond acceptors (Lipinski definition) is 6. The molecular weight excluding hydrogens is 382 g/mol. The molecule has 0 radical (unpaired) electrons. The molecule has 3 rings (SSSR count). The van der Waals surface area contributed by atoms with Gasteiger partial charge in [-0.1, -0.05) is 42.2 Å². The van der Waals surface area contributed by atoms with Crippen LogP contribution in [0.1, 0.15) is 18.1 Å².